The highest BCUT2D eigenvalue weighted by atomic mass is 16.5. The molecule has 2 aliphatic rings. The van der Waals surface area contributed by atoms with Crippen LogP contribution in [0.4, 0.5) is 0 Å². The summed E-state index contributed by atoms with van der Waals surface area (Å²) in [7, 11) is 0. The number of ether oxygens (including phenoxy) is 1. The molecule has 22 heavy (non-hydrogen) atoms. The molecule has 6 nitrogen and oxygen atoms in total. The van der Waals surface area contributed by atoms with Gasteiger partial charge >= 0.3 is 0 Å². The van der Waals surface area contributed by atoms with Crippen molar-refractivity contribution in [2.24, 2.45) is 0 Å². The van der Waals surface area contributed by atoms with E-state index in [1.54, 1.807) is 19.9 Å². The Morgan fingerprint density at radius 2 is 2.05 bits per heavy atom. The van der Waals surface area contributed by atoms with E-state index in [2.05, 4.69) is 0 Å². The third-order valence-corrected chi connectivity index (χ3v) is 4.55. The number of furan rings is 1. The fourth-order valence-corrected chi connectivity index (χ4v) is 3.46. The van der Waals surface area contributed by atoms with Crippen molar-refractivity contribution < 1.29 is 18.7 Å². The van der Waals surface area contributed by atoms with Gasteiger partial charge in [-0.2, -0.15) is 0 Å². The lowest BCUT2D eigenvalue weighted by Crippen LogP contribution is -2.61. The number of hydrogen-bond donors (Lipinski definition) is 0. The van der Waals surface area contributed by atoms with E-state index in [-0.39, 0.29) is 24.0 Å². The second kappa shape index (κ2) is 5.76. The average molecular weight is 306 g/mol. The molecule has 2 amide bonds. The van der Waals surface area contributed by atoms with Gasteiger partial charge in [-0.25, -0.2) is 0 Å². The van der Waals surface area contributed by atoms with E-state index in [0.717, 1.165) is 12.2 Å². The minimum absolute atomic E-state index is 0.0260. The monoisotopic (exact) mass is 306 g/mol. The molecule has 1 aromatic heterocycles. The molecule has 0 saturated carbocycles. The Bertz CT molecular complexity index is 595. The van der Waals surface area contributed by atoms with Crippen molar-refractivity contribution in [3.05, 3.63) is 23.2 Å². The molecule has 2 saturated heterocycles. The molecule has 0 bridgehead atoms. The maximum atomic E-state index is 12.7. The first-order chi connectivity index (χ1) is 10.5. The zero-order valence-corrected chi connectivity index (χ0v) is 13.3. The van der Waals surface area contributed by atoms with E-state index in [4.69, 9.17) is 9.15 Å². The number of fused-ring (bicyclic) bond motifs is 1. The van der Waals surface area contributed by atoms with Gasteiger partial charge in [0, 0.05) is 26.6 Å². The standard InChI is InChI=1S/C16H22N2O4/c1-10-8-13(11(2)22-10)16(20)17-5-4-15-14(9-17)18(12(3)19)6-7-21-15/h8,14-15H,4-7,9H2,1-3H3/t14-,15-/m0/s1. The van der Waals surface area contributed by atoms with Crippen LogP contribution in [0.2, 0.25) is 0 Å². The van der Waals surface area contributed by atoms with Gasteiger partial charge < -0.3 is 19.0 Å². The highest BCUT2D eigenvalue weighted by molar-refractivity contribution is 5.95. The SMILES string of the molecule is CC(=O)N1CCO[C@H]2CCN(C(=O)c3cc(C)oc3C)C[C@@H]21. The molecule has 1 aromatic rings. The van der Waals surface area contributed by atoms with Crippen LogP contribution < -0.4 is 0 Å². The van der Waals surface area contributed by atoms with Gasteiger partial charge in [0.1, 0.15) is 11.5 Å². The first-order valence-corrected chi connectivity index (χ1v) is 7.72. The predicted molar refractivity (Wildman–Crippen MR) is 79.6 cm³/mol. The zero-order chi connectivity index (χ0) is 15.9. The molecule has 0 N–H and O–H groups in total. The van der Waals surface area contributed by atoms with Crippen LogP contribution in [0, 0.1) is 13.8 Å². The molecule has 120 valence electrons. The van der Waals surface area contributed by atoms with E-state index in [9.17, 15) is 9.59 Å². The van der Waals surface area contributed by atoms with Gasteiger partial charge in [-0.05, 0) is 26.3 Å². The lowest BCUT2D eigenvalue weighted by Gasteiger charge is -2.46. The van der Waals surface area contributed by atoms with E-state index < -0.39 is 0 Å². The Morgan fingerprint density at radius 3 is 2.68 bits per heavy atom. The summed E-state index contributed by atoms with van der Waals surface area (Å²) in [5.41, 5.74) is 0.613. The van der Waals surface area contributed by atoms with Crippen molar-refractivity contribution in [2.75, 3.05) is 26.2 Å². The number of rotatable bonds is 1. The zero-order valence-electron chi connectivity index (χ0n) is 13.3. The summed E-state index contributed by atoms with van der Waals surface area (Å²) >= 11 is 0. The van der Waals surface area contributed by atoms with Crippen LogP contribution in [-0.4, -0.2) is 60.0 Å². The maximum Gasteiger partial charge on any atom is 0.257 e. The summed E-state index contributed by atoms with van der Waals surface area (Å²) in [6, 6.07) is 1.74. The highest BCUT2D eigenvalue weighted by Crippen LogP contribution is 2.25. The van der Waals surface area contributed by atoms with Crippen LogP contribution in [-0.2, 0) is 9.53 Å². The molecule has 0 aromatic carbocycles. The average Bonchev–Trinajstić information content (AvgIpc) is 2.83. The Balaban J connectivity index is 1.78. The molecule has 2 fully saturated rings. The van der Waals surface area contributed by atoms with Crippen LogP contribution >= 0.6 is 0 Å². The molecular formula is C16H22N2O4. The predicted octanol–water partition coefficient (Wildman–Crippen LogP) is 1.36. The quantitative estimate of drug-likeness (QED) is 0.786. The van der Waals surface area contributed by atoms with E-state index >= 15 is 0 Å². The summed E-state index contributed by atoms with van der Waals surface area (Å²) in [5.74, 6) is 1.40. The van der Waals surface area contributed by atoms with Gasteiger partial charge in [0.15, 0.2) is 0 Å². The first kappa shape index (κ1) is 15.1. The third-order valence-electron chi connectivity index (χ3n) is 4.55. The molecule has 0 unspecified atom stereocenters. The van der Waals surface area contributed by atoms with E-state index in [1.807, 2.05) is 16.7 Å². The first-order valence-electron chi connectivity index (χ1n) is 7.72. The van der Waals surface area contributed by atoms with Gasteiger partial charge in [-0.15, -0.1) is 0 Å². The maximum absolute atomic E-state index is 12.7. The highest BCUT2D eigenvalue weighted by Gasteiger charge is 2.40. The number of likely N-dealkylation sites (tertiary alicyclic amines) is 1. The topological polar surface area (TPSA) is 63.0 Å². The number of amides is 2. The Labute approximate surface area is 130 Å². The molecule has 2 aliphatic heterocycles. The fraction of sp³-hybridized carbons (Fsp3) is 0.625. The summed E-state index contributed by atoms with van der Waals surface area (Å²) in [5, 5.41) is 0. The molecule has 3 heterocycles. The minimum Gasteiger partial charge on any atom is -0.466 e. The third kappa shape index (κ3) is 2.63. The van der Waals surface area contributed by atoms with Gasteiger partial charge in [-0.1, -0.05) is 0 Å². The van der Waals surface area contributed by atoms with Crippen LogP contribution in [0.15, 0.2) is 10.5 Å². The number of morpholine rings is 1. The molecular weight excluding hydrogens is 284 g/mol. The molecule has 0 spiro atoms. The number of piperidine rings is 1. The number of hydrogen-bond acceptors (Lipinski definition) is 4. The number of aryl methyl sites for hydroxylation is 2. The lowest BCUT2D eigenvalue weighted by atomic mass is 9.98. The van der Waals surface area contributed by atoms with Crippen molar-refractivity contribution in [1.29, 1.82) is 0 Å². The van der Waals surface area contributed by atoms with Crippen molar-refractivity contribution in [3.63, 3.8) is 0 Å². The normalized spacial score (nSPS) is 25.0. The van der Waals surface area contributed by atoms with Crippen LogP contribution in [0.3, 0.4) is 0 Å². The smallest absolute Gasteiger partial charge is 0.257 e. The summed E-state index contributed by atoms with van der Waals surface area (Å²) in [6.07, 6.45) is 0.796. The Hall–Kier alpha value is -1.82. The second-order valence-corrected chi connectivity index (χ2v) is 6.06. The summed E-state index contributed by atoms with van der Waals surface area (Å²) in [4.78, 5) is 28.2. The van der Waals surface area contributed by atoms with Crippen LogP contribution in [0.1, 0.15) is 35.2 Å². The number of nitrogens with zero attached hydrogens (tertiary/aromatic N) is 2. The van der Waals surface area contributed by atoms with E-state index in [1.165, 1.54) is 0 Å². The number of carbonyl (C=O) groups excluding carboxylic acids is 2. The van der Waals surface area contributed by atoms with Crippen molar-refractivity contribution in [2.45, 2.75) is 39.3 Å². The van der Waals surface area contributed by atoms with Gasteiger partial charge in [0.25, 0.3) is 5.91 Å². The molecule has 6 heteroatoms. The van der Waals surface area contributed by atoms with Crippen molar-refractivity contribution >= 4 is 11.8 Å². The second-order valence-electron chi connectivity index (χ2n) is 6.06. The molecule has 2 atom stereocenters. The van der Waals surface area contributed by atoms with Crippen molar-refractivity contribution in [1.82, 2.24) is 9.80 Å². The Morgan fingerprint density at radius 1 is 1.27 bits per heavy atom. The molecule has 0 radical (unpaired) electrons. The van der Waals surface area contributed by atoms with Crippen LogP contribution in [0.5, 0.6) is 0 Å². The van der Waals surface area contributed by atoms with Gasteiger partial charge in [0.2, 0.25) is 5.91 Å². The molecule has 3 rings (SSSR count). The van der Waals surface area contributed by atoms with Crippen molar-refractivity contribution in [3.8, 4) is 0 Å². The van der Waals surface area contributed by atoms with Crippen LogP contribution in [0.25, 0.3) is 0 Å². The molecule has 0 aliphatic carbocycles. The summed E-state index contributed by atoms with van der Waals surface area (Å²) < 4.78 is 11.2. The lowest BCUT2D eigenvalue weighted by molar-refractivity contribution is -0.149. The van der Waals surface area contributed by atoms with E-state index in [0.29, 0.717) is 37.6 Å². The fourth-order valence-electron chi connectivity index (χ4n) is 3.46. The van der Waals surface area contributed by atoms with Gasteiger partial charge in [0.05, 0.1) is 24.3 Å². The number of carbonyl (C=O) groups is 2. The minimum atomic E-state index is -0.0442. The Kier molecular flexibility index (Phi) is 3.95. The summed E-state index contributed by atoms with van der Waals surface area (Å²) in [6.45, 7) is 7.56. The van der Waals surface area contributed by atoms with Gasteiger partial charge in [-0.3, -0.25) is 9.59 Å². The largest absolute Gasteiger partial charge is 0.466 e.